The van der Waals surface area contributed by atoms with E-state index in [0.29, 0.717) is 6.42 Å². The number of benzene rings is 5. The Morgan fingerprint density at radius 3 is 1.85 bits per heavy atom. The summed E-state index contributed by atoms with van der Waals surface area (Å²) >= 11 is 0. The fourth-order valence-corrected chi connectivity index (χ4v) is 4.99. The zero-order chi connectivity index (χ0) is 27.0. The third kappa shape index (κ3) is 5.39. The third-order valence-electron chi connectivity index (χ3n) is 6.99. The molecule has 2 unspecified atom stereocenters. The van der Waals surface area contributed by atoms with E-state index >= 15 is 0 Å². The van der Waals surface area contributed by atoms with Crippen LogP contribution in [0.4, 0.5) is 17.1 Å². The molecule has 1 aliphatic heterocycles. The fraction of sp³-hybridized carbons (Fsp3) is 0.0882. The molecule has 0 radical (unpaired) electrons. The average Bonchev–Trinajstić information content (AvgIpc) is 3.05. The number of hydrazone groups is 1. The van der Waals surface area contributed by atoms with Gasteiger partial charge in [-0.2, -0.15) is 15.3 Å². The Balaban J connectivity index is 1.56. The van der Waals surface area contributed by atoms with Crippen molar-refractivity contribution in [2.24, 2.45) is 15.3 Å². The van der Waals surface area contributed by atoms with E-state index < -0.39 is 11.7 Å². The molecule has 1 aliphatic rings. The maximum absolute atomic E-state index is 5.24. The molecular weight excluding hydrogens is 492 g/mol. The normalized spacial score (nSPS) is 18.9. The summed E-state index contributed by atoms with van der Waals surface area (Å²) in [6, 6.07) is 50.8. The summed E-state index contributed by atoms with van der Waals surface area (Å²) in [5.41, 5.74) is 11.9. The summed E-state index contributed by atoms with van der Waals surface area (Å²) in [4.78, 5) is 0. The van der Waals surface area contributed by atoms with Crippen molar-refractivity contribution in [3.8, 4) is 0 Å². The van der Waals surface area contributed by atoms with E-state index in [1.807, 2.05) is 108 Å². The Bertz CT molecular complexity index is 1560. The standard InChI is InChI=1S/C34H30N6/c1-6-16-27(17-7-1)32-26-34(28-18-8-2-9-19-28,39-36-30-22-12-4-13-23-30)33(37-35-29-20-10-3-11-21-29)40(38-32)31-24-14-5-15-25-31/h1-25,33,35,37H,26H2. The van der Waals surface area contributed by atoms with Crippen molar-refractivity contribution in [1.82, 2.24) is 5.43 Å². The molecule has 0 saturated carbocycles. The van der Waals surface area contributed by atoms with Gasteiger partial charge < -0.3 is 5.43 Å². The first-order valence-corrected chi connectivity index (χ1v) is 13.4. The van der Waals surface area contributed by atoms with Crippen molar-refractivity contribution in [1.29, 1.82) is 0 Å². The Labute approximate surface area is 234 Å². The first-order valence-electron chi connectivity index (χ1n) is 13.4. The highest BCUT2D eigenvalue weighted by molar-refractivity contribution is 6.02. The number of anilines is 2. The minimum absolute atomic E-state index is 0.433. The molecule has 196 valence electrons. The predicted octanol–water partition coefficient (Wildman–Crippen LogP) is 7.92. The molecule has 2 N–H and O–H groups in total. The molecule has 0 aliphatic carbocycles. The van der Waals surface area contributed by atoms with Gasteiger partial charge in [0, 0.05) is 12.1 Å². The van der Waals surface area contributed by atoms with Crippen LogP contribution < -0.4 is 15.9 Å². The van der Waals surface area contributed by atoms with Crippen molar-refractivity contribution in [2.75, 3.05) is 10.4 Å². The van der Waals surface area contributed by atoms with Crippen LogP contribution in [-0.2, 0) is 5.54 Å². The largest absolute Gasteiger partial charge is 0.319 e. The van der Waals surface area contributed by atoms with Gasteiger partial charge >= 0.3 is 0 Å². The first kappa shape index (κ1) is 25.2. The number of hydrazine groups is 1. The zero-order valence-corrected chi connectivity index (χ0v) is 22.0. The van der Waals surface area contributed by atoms with Crippen LogP contribution >= 0.6 is 0 Å². The van der Waals surface area contributed by atoms with Gasteiger partial charge in [0.15, 0.2) is 6.17 Å². The molecule has 0 bridgehead atoms. The SMILES string of the molecule is c1ccc(N=NC2(c3ccccc3)CC(c3ccccc3)=NN(c3ccccc3)C2NNc2ccccc2)cc1. The Kier molecular flexibility index (Phi) is 7.42. The van der Waals surface area contributed by atoms with E-state index in [1.54, 1.807) is 0 Å². The lowest BCUT2D eigenvalue weighted by Gasteiger charge is -2.46. The van der Waals surface area contributed by atoms with Gasteiger partial charge in [0.05, 0.1) is 17.1 Å². The van der Waals surface area contributed by atoms with Crippen LogP contribution in [0.25, 0.3) is 0 Å². The molecule has 2 atom stereocenters. The lowest BCUT2D eigenvalue weighted by atomic mass is 9.80. The Hall–Kier alpha value is -5.07. The van der Waals surface area contributed by atoms with Crippen LogP contribution in [0, 0.1) is 0 Å². The van der Waals surface area contributed by atoms with Gasteiger partial charge in [-0.3, -0.25) is 0 Å². The number of hydrogen-bond donors (Lipinski definition) is 2. The maximum atomic E-state index is 5.24. The highest BCUT2D eigenvalue weighted by Crippen LogP contribution is 2.42. The van der Waals surface area contributed by atoms with Crippen molar-refractivity contribution in [3.05, 3.63) is 163 Å². The molecule has 5 aromatic rings. The molecule has 0 spiro atoms. The van der Waals surface area contributed by atoms with Gasteiger partial charge in [0.2, 0.25) is 0 Å². The van der Waals surface area contributed by atoms with Gasteiger partial charge in [-0.05, 0) is 47.5 Å². The minimum atomic E-state index is -0.846. The van der Waals surface area contributed by atoms with Crippen LogP contribution in [0.2, 0.25) is 0 Å². The van der Waals surface area contributed by atoms with Gasteiger partial charge in [-0.25, -0.2) is 10.4 Å². The van der Waals surface area contributed by atoms with E-state index in [4.69, 9.17) is 15.3 Å². The fourth-order valence-electron chi connectivity index (χ4n) is 4.99. The Morgan fingerprint density at radius 1 is 0.650 bits per heavy atom. The van der Waals surface area contributed by atoms with Crippen molar-refractivity contribution in [3.63, 3.8) is 0 Å². The summed E-state index contributed by atoms with van der Waals surface area (Å²) in [5, 5.41) is 17.3. The molecule has 5 aromatic carbocycles. The van der Waals surface area contributed by atoms with Gasteiger partial charge in [0.1, 0.15) is 5.54 Å². The number of nitrogens with one attached hydrogen (secondary N) is 2. The molecule has 6 heteroatoms. The lowest BCUT2D eigenvalue weighted by molar-refractivity contribution is 0.288. The van der Waals surface area contributed by atoms with Crippen molar-refractivity contribution >= 4 is 22.8 Å². The zero-order valence-electron chi connectivity index (χ0n) is 22.0. The van der Waals surface area contributed by atoms with E-state index in [2.05, 4.69) is 59.4 Å². The topological polar surface area (TPSA) is 64.4 Å². The molecule has 0 aromatic heterocycles. The van der Waals surface area contributed by atoms with Crippen LogP contribution in [0.5, 0.6) is 0 Å². The molecule has 6 rings (SSSR count). The number of hydrogen-bond acceptors (Lipinski definition) is 6. The average molecular weight is 523 g/mol. The number of nitrogens with zero attached hydrogens (tertiary/aromatic N) is 4. The molecular formula is C34H30N6. The molecule has 0 saturated heterocycles. The smallest absolute Gasteiger partial charge is 0.150 e. The molecule has 0 amide bonds. The van der Waals surface area contributed by atoms with E-state index in [9.17, 15) is 0 Å². The highest BCUT2D eigenvalue weighted by Gasteiger charge is 2.49. The molecule has 40 heavy (non-hydrogen) atoms. The minimum Gasteiger partial charge on any atom is -0.319 e. The number of para-hydroxylation sites is 2. The Morgan fingerprint density at radius 2 is 1.20 bits per heavy atom. The summed E-state index contributed by atoms with van der Waals surface area (Å²) < 4.78 is 0. The predicted molar refractivity (Wildman–Crippen MR) is 163 cm³/mol. The molecule has 1 heterocycles. The summed E-state index contributed by atoms with van der Waals surface area (Å²) in [5.74, 6) is 0. The van der Waals surface area contributed by atoms with Crippen molar-refractivity contribution in [2.45, 2.75) is 18.1 Å². The number of rotatable bonds is 8. The molecule has 6 nitrogen and oxygen atoms in total. The van der Waals surface area contributed by atoms with Crippen LogP contribution in [0.15, 0.2) is 167 Å². The van der Waals surface area contributed by atoms with Gasteiger partial charge in [0.25, 0.3) is 0 Å². The first-order chi connectivity index (χ1) is 19.8. The lowest BCUT2D eigenvalue weighted by Crippen LogP contribution is -2.61. The van der Waals surface area contributed by atoms with E-state index in [0.717, 1.165) is 33.9 Å². The third-order valence-corrected chi connectivity index (χ3v) is 6.99. The van der Waals surface area contributed by atoms with Crippen molar-refractivity contribution < 1.29 is 0 Å². The second kappa shape index (κ2) is 11.8. The monoisotopic (exact) mass is 522 g/mol. The summed E-state index contributed by atoms with van der Waals surface area (Å²) in [7, 11) is 0. The maximum Gasteiger partial charge on any atom is 0.150 e. The van der Waals surface area contributed by atoms with E-state index in [1.165, 1.54) is 0 Å². The quantitative estimate of drug-likeness (QED) is 0.161. The number of azo groups is 1. The molecule has 0 fully saturated rings. The highest BCUT2D eigenvalue weighted by atomic mass is 15.6. The van der Waals surface area contributed by atoms with Gasteiger partial charge in [-0.15, -0.1) is 0 Å². The van der Waals surface area contributed by atoms with E-state index in [-0.39, 0.29) is 0 Å². The summed E-state index contributed by atoms with van der Waals surface area (Å²) in [6.07, 6.45) is 0.104. The van der Waals surface area contributed by atoms with Crippen LogP contribution in [-0.4, -0.2) is 11.9 Å². The second-order valence-corrected chi connectivity index (χ2v) is 9.63. The summed E-state index contributed by atoms with van der Waals surface area (Å²) in [6.45, 7) is 0. The van der Waals surface area contributed by atoms with Crippen LogP contribution in [0.1, 0.15) is 17.5 Å². The second-order valence-electron chi connectivity index (χ2n) is 9.63. The van der Waals surface area contributed by atoms with Gasteiger partial charge in [-0.1, -0.05) is 115 Å². The van der Waals surface area contributed by atoms with Crippen LogP contribution in [0.3, 0.4) is 0 Å².